The molecule has 2 unspecified atom stereocenters. The summed E-state index contributed by atoms with van der Waals surface area (Å²) in [5, 5.41) is 16.6. The maximum absolute atomic E-state index is 13.5. The number of carbonyl (C=O) groups excluding carboxylic acids is 1. The van der Waals surface area contributed by atoms with Crippen LogP contribution in [0.5, 0.6) is 0 Å². The van der Waals surface area contributed by atoms with E-state index in [-0.39, 0.29) is 18.9 Å². The van der Waals surface area contributed by atoms with Crippen molar-refractivity contribution in [2.75, 3.05) is 6.54 Å². The van der Waals surface area contributed by atoms with Crippen LogP contribution in [0.15, 0.2) is 46.9 Å². The predicted molar refractivity (Wildman–Crippen MR) is 109 cm³/mol. The molecule has 0 aliphatic rings. The van der Waals surface area contributed by atoms with Gasteiger partial charge in [-0.2, -0.15) is 0 Å². The van der Waals surface area contributed by atoms with Gasteiger partial charge >= 0.3 is 0 Å². The quantitative estimate of drug-likeness (QED) is 0.570. The first-order chi connectivity index (χ1) is 13.1. The van der Waals surface area contributed by atoms with Gasteiger partial charge in [0.2, 0.25) is 5.91 Å². The Kier molecular flexibility index (Phi) is 7.69. The van der Waals surface area contributed by atoms with Gasteiger partial charge in [-0.1, -0.05) is 28.1 Å². The number of carbonyl (C=O) groups is 1. The summed E-state index contributed by atoms with van der Waals surface area (Å²) in [4.78, 5) is 11.5. The summed E-state index contributed by atoms with van der Waals surface area (Å²) in [5.41, 5.74) is 0.954. The maximum atomic E-state index is 13.5. The minimum Gasteiger partial charge on any atom is -0.390 e. The first-order valence-corrected chi connectivity index (χ1v) is 9.77. The zero-order valence-electron chi connectivity index (χ0n) is 16.1. The van der Waals surface area contributed by atoms with Crippen LogP contribution in [0.2, 0.25) is 0 Å². The van der Waals surface area contributed by atoms with E-state index in [9.17, 15) is 18.7 Å². The van der Waals surface area contributed by atoms with Gasteiger partial charge in [0.1, 0.15) is 11.6 Å². The average molecular weight is 455 g/mol. The van der Waals surface area contributed by atoms with Crippen molar-refractivity contribution in [3.05, 3.63) is 69.7 Å². The van der Waals surface area contributed by atoms with E-state index < -0.39 is 29.3 Å². The van der Waals surface area contributed by atoms with Gasteiger partial charge in [-0.15, -0.1) is 0 Å². The van der Waals surface area contributed by atoms with E-state index >= 15 is 0 Å². The molecule has 152 valence electrons. The molecular formula is C21H25BrF2N2O2. The van der Waals surface area contributed by atoms with Crippen LogP contribution in [0.4, 0.5) is 8.78 Å². The Balaban J connectivity index is 2.09. The molecule has 28 heavy (non-hydrogen) atoms. The summed E-state index contributed by atoms with van der Waals surface area (Å²) in [6.07, 6.45) is -0.851. The monoisotopic (exact) mass is 454 g/mol. The summed E-state index contributed by atoms with van der Waals surface area (Å²) in [5.74, 6) is -1.72. The summed E-state index contributed by atoms with van der Waals surface area (Å²) < 4.78 is 27.9. The fraction of sp³-hybridized carbons (Fsp3) is 0.381. The van der Waals surface area contributed by atoms with Gasteiger partial charge in [-0.3, -0.25) is 4.79 Å². The molecule has 0 fully saturated rings. The molecule has 0 aromatic heterocycles. The predicted octanol–water partition coefficient (Wildman–Crippen LogP) is 3.66. The van der Waals surface area contributed by atoms with E-state index in [4.69, 9.17) is 0 Å². The molecule has 0 heterocycles. The van der Waals surface area contributed by atoms with E-state index in [1.54, 1.807) is 0 Å². The van der Waals surface area contributed by atoms with E-state index in [2.05, 4.69) is 26.6 Å². The van der Waals surface area contributed by atoms with Gasteiger partial charge in [-0.05, 0) is 55.7 Å². The molecule has 0 radical (unpaired) electrons. The molecule has 0 saturated heterocycles. The molecule has 2 aromatic rings. The van der Waals surface area contributed by atoms with Crippen molar-refractivity contribution < 1.29 is 18.7 Å². The number of aliphatic hydroxyl groups excluding tert-OH is 1. The van der Waals surface area contributed by atoms with Crippen LogP contribution in [0.25, 0.3) is 0 Å². The van der Waals surface area contributed by atoms with Crippen molar-refractivity contribution in [1.29, 1.82) is 0 Å². The van der Waals surface area contributed by atoms with E-state index in [0.717, 1.165) is 16.1 Å². The summed E-state index contributed by atoms with van der Waals surface area (Å²) in [6, 6.07) is 10.3. The lowest BCUT2D eigenvalue weighted by atomic mass is 9.93. The molecule has 0 spiro atoms. The lowest BCUT2D eigenvalue weighted by Crippen LogP contribution is -2.51. The number of benzene rings is 2. The Bertz CT molecular complexity index is 810. The standard InChI is InChI=1S/C21H25BrF2N2O2/c1-13(27)26-19(9-14-7-17(23)11-18(24)8-14)20(28)12-25-21(2,3)15-5-4-6-16(22)10-15/h4-8,10-11,19-20,25,28H,9,12H2,1-3H3,(H,26,27). The fourth-order valence-corrected chi connectivity index (χ4v) is 3.41. The molecule has 3 N–H and O–H groups in total. The third kappa shape index (κ3) is 6.65. The summed E-state index contributed by atoms with van der Waals surface area (Å²) in [6.45, 7) is 5.49. The van der Waals surface area contributed by atoms with Gasteiger partial charge in [0, 0.05) is 29.5 Å². The van der Waals surface area contributed by atoms with Gasteiger partial charge in [0.25, 0.3) is 0 Å². The maximum Gasteiger partial charge on any atom is 0.217 e. The van der Waals surface area contributed by atoms with E-state index in [0.29, 0.717) is 5.56 Å². The fourth-order valence-electron chi connectivity index (χ4n) is 3.01. The summed E-state index contributed by atoms with van der Waals surface area (Å²) >= 11 is 3.45. The number of halogens is 3. The summed E-state index contributed by atoms with van der Waals surface area (Å²) in [7, 11) is 0. The van der Waals surface area contributed by atoms with Crippen LogP contribution in [-0.4, -0.2) is 29.7 Å². The highest BCUT2D eigenvalue weighted by atomic mass is 79.9. The lowest BCUT2D eigenvalue weighted by Gasteiger charge is -2.31. The second-order valence-corrected chi connectivity index (χ2v) is 8.29. The Labute approximate surface area is 172 Å². The average Bonchev–Trinajstić information content (AvgIpc) is 2.58. The van der Waals surface area contributed by atoms with Crippen LogP contribution >= 0.6 is 15.9 Å². The highest BCUT2D eigenvalue weighted by Crippen LogP contribution is 2.23. The minimum atomic E-state index is -0.957. The third-order valence-corrected chi connectivity index (χ3v) is 5.02. The number of hydrogen-bond donors (Lipinski definition) is 3. The highest BCUT2D eigenvalue weighted by Gasteiger charge is 2.26. The molecule has 0 aliphatic carbocycles. The van der Waals surface area contributed by atoms with Crippen molar-refractivity contribution >= 4 is 21.8 Å². The molecule has 4 nitrogen and oxygen atoms in total. The molecule has 0 bridgehead atoms. The molecule has 2 atom stereocenters. The van der Waals surface area contributed by atoms with Crippen LogP contribution in [-0.2, 0) is 16.8 Å². The van der Waals surface area contributed by atoms with E-state index in [1.165, 1.54) is 19.1 Å². The van der Waals surface area contributed by atoms with Crippen molar-refractivity contribution in [1.82, 2.24) is 10.6 Å². The Morgan fingerprint density at radius 1 is 1.18 bits per heavy atom. The Hall–Kier alpha value is -1.83. The number of amides is 1. The molecule has 2 rings (SSSR count). The number of aliphatic hydroxyl groups is 1. The van der Waals surface area contributed by atoms with Crippen molar-refractivity contribution in [2.24, 2.45) is 0 Å². The Morgan fingerprint density at radius 3 is 2.39 bits per heavy atom. The first kappa shape index (κ1) is 22.5. The molecule has 7 heteroatoms. The second kappa shape index (κ2) is 9.58. The van der Waals surface area contributed by atoms with Gasteiger partial charge in [0.15, 0.2) is 0 Å². The normalized spacial score (nSPS) is 13.8. The SMILES string of the molecule is CC(=O)NC(Cc1cc(F)cc(F)c1)C(O)CNC(C)(C)c1cccc(Br)c1. The molecule has 0 aliphatic heterocycles. The van der Waals surface area contributed by atoms with Gasteiger partial charge < -0.3 is 15.7 Å². The van der Waals surface area contributed by atoms with Crippen LogP contribution < -0.4 is 10.6 Å². The van der Waals surface area contributed by atoms with E-state index in [1.807, 2.05) is 38.1 Å². The topological polar surface area (TPSA) is 61.4 Å². The molecule has 0 saturated carbocycles. The van der Waals surface area contributed by atoms with Gasteiger partial charge in [0.05, 0.1) is 12.1 Å². The smallest absolute Gasteiger partial charge is 0.217 e. The van der Waals surface area contributed by atoms with Crippen LogP contribution in [0, 0.1) is 11.6 Å². The molecule has 2 aromatic carbocycles. The largest absolute Gasteiger partial charge is 0.390 e. The number of rotatable bonds is 8. The Morgan fingerprint density at radius 2 is 1.82 bits per heavy atom. The lowest BCUT2D eigenvalue weighted by molar-refractivity contribution is -0.120. The molecule has 1 amide bonds. The minimum absolute atomic E-state index is 0.106. The second-order valence-electron chi connectivity index (χ2n) is 7.37. The third-order valence-electron chi connectivity index (χ3n) is 4.53. The van der Waals surface area contributed by atoms with Crippen molar-refractivity contribution in [3.8, 4) is 0 Å². The molecular weight excluding hydrogens is 430 g/mol. The number of nitrogens with one attached hydrogen (secondary N) is 2. The number of hydrogen-bond acceptors (Lipinski definition) is 3. The van der Waals surface area contributed by atoms with Crippen molar-refractivity contribution in [3.63, 3.8) is 0 Å². The van der Waals surface area contributed by atoms with Crippen molar-refractivity contribution in [2.45, 2.75) is 44.9 Å². The zero-order valence-corrected chi connectivity index (χ0v) is 17.7. The first-order valence-electron chi connectivity index (χ1n) is 8.98. The van der Waals surface area contributed by atoms with Crippen LogP contribution in [0.3, 0.4) is 0 Å². The zero-order chi connectivity index (χ0) is 20.9. The highest BCUT2D eigenvalue weighted by molar-refractivity contribution is 9.10. The van der Waals surface area contributed by atoms with Crippen LogP contribution in [0.1, 0.15) is 31.9 Å². The van der Waals surface area contributed by atoms with Gasteiger partial charge in [-0.25, -0.2) is 8.78 Å².